The molecule has 20 nitrogen and oxygen atoms in total. The lowest BCUT2D eigenvalue weighted by Gasteiger charge is -2.63. The highest BCUT2D eigenvalue weighted by atomic mass is 32.2. The topological polar surface area (TPSA) is 251 Å². The first-order chi connectivity index (χ1) is 67.6. The second-order valence-corrected chi connectivity index (χ2v) is 59.2. The molecule has 2 N–H and O–H groups in total. The lowest BCUT2D eigenvalue weighted by Crippen LogP contribution is -2.63. The Balaban J connectivity index is 0.000000106. The molecule has 808 valence electrons. The van der Waals surface area contributed by atoms with Gasteiger partial charge in [0.25, 0.3) is 10.1 Å². The van der Waals surface area contributed by atoms with Gasteiger partial charge in [0.15, 0.2) is 28.9 Å². The number of nitrogens with zero attached hydrogens (tertiary/aromatic N) is 3. The molecule has 0 aromatic heterocycles. The number of aliphatic hydroxyl groups is 2. The number of rotatable bonds is 4. The summed E-state index contributed by atoms with van der Waals surface area (Å²) in [4.78, 5) is 14.8. The van der Waals surface area contributed by atoms with E-state index in [0.717, 1.165) is 108 Å². The van der Waals surface area contributed by atoms with Crippen LogP contribution in [0.15, 0.2) is 63.4 Å². The summed E-state index contributed by atoms with van der Waals surface area (Å²) in [7, 11) is -3.46. The molecule has 5 heterocycles. The Morgan fingerprint density at radius 1 is 0.312 bits per heavy atom. The maximum absolute atomic E-state index is 11.8. The first-order valence-electron chi connectivity index (χ1n) is 59.1. The largest absolute Gasteiger partial charge is 0.463 e. The van der Waals surface area contributed by atoms with E-state index in [-0.39, 0.29) is 136 Å². The van der Waals surface area contributed by atoms with Gasteiger partial charge in [0.1, 0.15) is 6.10 Å². The van der Waals surface area contributed by atoms with E-state index in [4.69, 9.17) is 61.8 Å². The zero-order valence-electron chi connectivity index (χ0n) is 94.1. The molecule has 20 unspecified atom stereocenters. The molecule has 0 amide bonds. The van der Waals surface area contributed by atoms with Gasteiger partial charge in [-0.05, 0) is 507 Å². The number of hydrogen-bond acceptors (Lipinski definition) is 18. The fourth-order valence-corrected chi connectivity index (χ4v) is 43.9. The number of azide groups is 1. The van der Waals surface area contributed by atoms with Crippen molar-refractivity contribution in [3.05, 3.63) is 68.7 Å². The second-order valence-electron chi connectivity index (χ2n) is 57.6. The van der Waals surface area contributed by atoms with E-state index in [1.54, 1.807) is 27.9 Å². The van der Waals surface area contributed by atoms with Crippen molar-refractivity contribution < 1.29 is 79.7 Å². The summed E-state index contributed by atoms with van der Waals surface area (Å²) in [5.74, 6) is 8.88. The number of esters is 1. The minimum Gasteiger partial charge on any atom is -0.463 e. The Hall–Kier alpha value is -3.09. The van der Waals surface area contributed by atoms with E-state index in [0.29, 0.717) is 122 Å². The first kappa shape index (κ1) is 107. The van der Waals surface area contributed by atoms with Crippen molar-refractivity contribution in [2.75, 3.05) is 6.26 Å². The van der Waals surface area contributed by atoms with Crippen LogP contribution in [0.2, 0.25) is 0 Å². The number of aliphatic hydroxyl groups excluding tert-OH is 2. The highest BCUT2D eigenvalue weighted by Crippen LogP contribution is 2.78. The molecule has 20 aliphatic carbocycles. The van der Waals surface area contributed by atoms with Crippen LogP contribution in [0.4, 0.5) is 0 Å². The van der Waals surface area contributed by atoms with Crippen LogP contribution in [-0.4, -0.2) is 151 Å². The van der Waals surface area contributed by atoms with E-state index in [9.17, 15) is 23.4 Å². The predicted molar refractivity (Wildman–Crippen MR) is 561 cm³/mol. The lowest BCUT2D eigenvalue weighted by atomic mass is 9.43. The van der Waals surface area contributed by atoms with Crippen LogP contribution in [-0.2, 0) is 71.2 Å². The number of fused-ring (bicyclic) bond motifs is 40. The standard InChI is InChI=1S/C26H40O4.C25H40O5S.C24H37N3O2.2C24H38O3/c1-7-16-8-9-18-21-19(11-13-25(16,18)5)26(6)12-10-17(28-15(2)27)14-20(26)22-23(21)30-24(3,4)29-22;1-7-15-8-9-17-20-18(11-13-24(15,17)4)25(5)12-10-16(30-31(6,26)27)14-19(25)21-22(20)29-23(2,3)28-21;1-6-14-7-8-16-19-17(10-12-23(14,16)4)24(5)11-9-15(26-27-25)13-18(24)20-21(19)29-22(2,3)28-20;2*1-6-14-7-8-16-19-17(10-12-23(14,16)4)24(5)11-9-15(25)13-18(24)20-21(19)27-22(2,3)26-20/h7,17-23H,8-14H2,1-6H3;7,16-22H,8-14H2,1-6H3;6,15-21H,7-13H2,1-5H3;2*6,15-21,25H,7-13H2,1-5H3/b16-7-;15-7-;3*14-6-/t17-,18?,19?,20?,21?,22-,23-,25-,26-;16-,17?,18?,19?,20?,21+,22+,24+,25+;2*15-,16?,17?,18?,19?,20+,21+,23+,24+;15-,16?,17?,18?,19?,20-,21-,23-,24-/m10001/s1. The van der Waals surface area contributed by atoms with Crippen molar-refractivity contribution in [1.82, 2.24) is 0 Å². The van der Waals surface area contributed by atoms with Crippen molar-refractivity contribution in [3.8, 4) is 0 Å². The van der Waals surface area contributed by atoms with Crippen molar-refractivity contribution in [3.63, 3.8) is 0 Å². The molecule has 0 bridgehead atoms. The molecule has 21 heteroatoms. The Morgan fingerprint density at radius 2 is 0.542 bits per heavy atom. The first-order valence-corrected chi connectivity index (χ1v) is 60.9. The zero-order chi connectivity index (χ0) is 103. The van der Waals surface area contributed by atoms with Crippen molar-refractivity contribution in [2.24, 2.45) is 178 Å². The van der Waals surface area contributed by atoms with Gasteiger partial charge in [-0.25, -0.2) is 0 Å². The van der Waals surface area contributed by atoms with E-state index in [2.05, 4.69) is 200 Å². The third kappa shape index (κ3) is 17.0. The smallest absolute Gasteiger partial charge is 0.302 e. The summed E-state index contributed by atoms with van der Waals surface area (Å²) in [5, 5.41) is 25.0. The Morgan fingerprint density at radius 3 is 0.792 bits per heavy atom. The second kappa shape index (κ2) is 37.1. The monoisotopic (exact) mass is 2020 g/mol. The minimum absolute atomic E-state index is 0.0178. The molecule has 25 aliphatic rings. The van der Waals surface area contributed by atoms with Gasteiger partial charge < -0.3 is 62.3 Å². The molecule has 5 saturated heterocycles. The van der Waals surface area contributed by atoms with E-state index < -0.39 is 39.1 Å². The molecule has 5 aliphatic heterocycles. The number of carbonyl (C=O) groups excluding carboxylic acids is 1. The molecule has 144 heavy (non-hydrogen) atoms. The molecule has 0 aromatic rings. The van der Waals surface area contributed by atoms with Gasteiger partial charge in [0.05, 0.1) is 85.6 Å². The van der Waals surface area contributed by atoms with Crippen molar-refractivity contribution in [1.29, 1.82) is 0 Å². The van der Waals surface area contributed by atoms with Crippen LogP contribution in [0.25, 0.3) is 10.4 Å². The van der Waals surface area contributed by atoms with Gasteiger partial charge in [-0.2, -0.15) is 8.42 Å². The predicted octanol–water partition coefficient (Wildman–Crippen LogP) is 27.3. The van der Waals surface area contributed by atoms with Crippen molar-refractivity contribution in [2.45, 2.75) is 525 Å². The average Bonchev–Trinajstić information content (AvgIpc) is 1.50. The Labute approximate surface area is 868 Å². The van der Waals surface area contributed by atoms with Gasteiger partial charge in [-0.1, -0.05) is 133 Å². The van der Waals surface area contributed by atoms with Gasteiger partial charge in [-0.3, -0.25) is 8.98 Å². The molecule has 0 radical (unpaired) electrons. The molecule has 25 fully saturated rings. The van der Waals surface area contributed by atoms with Crippen LogP contribution in [0.5, 0.6) is 0 Å². The highest BCUT2D eigenvalue weighted by Gasteiger charge is 2.76. The molecular formula is C123H193N3O17S. The van der Waals surface area contributed by atoms with E-state index in [1.807, 2.05) is 13.8 Å². The summed E-state index contributed by atoms with van der Waals surface area (Å²) < 4.78 is 101. The molecule has 0 aromatic carbocycles. The SMILES string of the molecule is C/C=C1/CCC2C3C(CC[C@]12C)[C@@]1(C)CC[C@@H](O)CC1[C@H]1OC(C)(C)O[C@H]31.C/C=C1/CCC2C3C(CC[C@]12C)[C@@]1(C)CC[C@@H](OC(C)=O)CC1[C@H]1OC(C)(C)O[C@H]31.C/C=C1/CCC2C3C(CC[C@]12C)[C@@]1(C)CC[C@H](N=[N+]=[N-])CC1[C@H]1OC(C)(C)O[C@H]31.C/C=C1/CCC2C3C(CC[C@]12C)[C@@]1(C)CC[C@H](O)CC1[C@H]1OC(C)(C)O[C@H]31.C/C=C1/CCC2C3C(CC[C@]12C)[C@@]1(C)CC[C@H](OS(C)(=O)=O)CC1[C@H]1OC(C)(C)O[C@H]31. The lowest BCUT2D eigenvalue weighted by molar-refractivity contribution is -0.190. The number of hydrogen-bond donors (Lipinski definition) is 2. The summed E-state index contributed by atoms with van der Waals surface area (Å²) >= 11 is 0. The van der Waals surface area contributed by atoms with Gasteiger partial charge >= 0.3 is 5.97 Å². The molecule has 45 atom stereocenters. The summed E-state index contributed by atoms with van der Waals surface area (Å²) in [6.45, 7) is 58.6. The molecule has 0 spiro atoms. The van der Waals surface area contributed by atoms with Crippen molar-refractivity contribution >= 4 is 16.1 Å². The van der Waals surface area contributed by atoms with Crippen LogP contribution >= 0.6 is 0 Å². The summed E-state index contributed by atoms with van der Waals surface area (Å²) in [6.07, 6.45) is 54.4. The number of allylic oxidation sites excluding steroid dienone is 10. The van der Waals surface area contributed by atoms with E-state index in [1.165, 1.54) is 142 Å². The number of carbonyl (C=O) groups is 1. The fourth-order valence-electron chi connectivity index (χ4n) is 43.2. The Kier molecular flexibility index (Phi) is 27.4. The molecular weight excluding hydrogens is 1820 g/mol. The fraction of sp³-hybridized carbons (Fsp3) is 0.911. The van der Waals surface area contributed by atoms with Gasteiger partial charge in [0.2, 0.25) is 0 Å². The third-order valence-corrected chi connectivity index (χ3v) is 50.0. The highest BCUT2D eigenvalue weighted by molar-refractivity contribution is 7.86. The molecule has 20 saturated carbocycles. The van der Waals surface area contributed by atoms with Crippen LogP contribution in [0.1, 0.15) is 405 Å². The van der Waals surface area contributed by atoms with Gasteiger partial charge in [0, 0.05) is 17.9 Å². The summed E-state index contributed by atoms with van der Waals surface area (Å²) in [5.41, 5.74) is 20.3. The maximum Gasteiger partial charge on any atom is 0.302 e. The van der Waals surface area contributed by atoms with E-state index >= 15 is 0 Å². The quantitative estimate of drug-likeness (QED) is 0.0663. The molecule has 25 rings (SSSR count). The van der Waals surface area contributed by atoms with Gasteiger partial charge in [-0.15, -0.1) is 0 Å². The Bertz CT molecular complexity index is 5050. The van der Waals surface area contributed by atoms with Crippen LogP contribution < -0.4 is 0 Å². The van der Waals surface area contributed by atoms with Crippen LogP contribution in [0.3, 0.4) is 0 Å². The third-order valence-electron chi connectivity index (χ3n) is 49.3. The average molecular weight is 2020 g/mol. The zero-order valence-corrected chi connectivity index (χ0v) is 94.9. The summed E-state index contributed by atoms with van der Waals surface area (Å²) in [6, 6.07) is 0.109. The minimum atomic E-state index is -3.46. The normalized spacial score (nSPS) is 54.8. The number of ether oxygens (including phenoxy) is 11. The maximum atomic E-state index is 11.8. The van der Waals surface area contributed by atoms with Crippen LogP contribution in [0, 0.1) is 173 Å².